The topological polar surface area (TPSA) is 35.5 Å². The molecule has 3 nitrogen and oxygen atoms in total. The Morgan fingerprint density at radius 1 is 1.43 bits per heavy atom. The molecule has 0 saturated heterocycles. The van der Waals surface area contributed by atoms with E-state index >= 15 is 0 Å². The Labute approximate surface area is 88.8 Å². The fraction of sp³-hybridized carbons (Fsp3) is 0.444. The van der Waals surface area contributed by atoms with Crippen LogP contribution < -0.4 is 4.43 Å². The van der Waals surface area contributed by atoms with E-state index in [1.165, 1.54) is 18.4 Å². The van der Waals surface area contributed by atoms with Gasteiger partial charge in [-0.05, 0) is 31.1 Å². The molecular weight excluding hydrogens is 216 g/mol. The average molecular weight is 230 g/mol. The van der Waals surface area contributed by atoms with Crippen molar-refractivity contribution in [3.63, 3.8) is 0 Å². The van der Waals surface area contributed by atoms with Crippen molar-refractivity contribution in [2.24, 2.45) is 0 Å². The average Bonchev–Trinajstić information content (AvgIpc) is 2.48. The van der Waals surface area contributed by atoms with Crippen LogP contribution in [0.4, 0.5) is 0 Å². The highest BCUT2D eigenvalue weighted by Gasteiger charge is 2.22. The van der Waals surface area contributed by atoms with Crippen LogP contribution in [0.2, 0.25) is 19.6 Å². The summed E-state index contributed by atoms with van der Waals surface area (Å²) in [6, 6.07) is 1.73. The number of rotatable bonds is 3. The van der Waals surface area contributed by atoms with E-state index in [0.29, 0.717) is 10.6 Å². The molecule has 0 fully saturated rings. The summed E-state index contributed by atoms with van der Waals surface area (Å²) in [6.07, 6.45) is 0. The van der Waals surface area contributed by atoms with Crippen molar-refractivity contribution in [1.82, 2.24) is 0 Å². The van der Waals surface area contributed by atoms with Crippen molar-refractivity contribution in [2.75, 3.05) is 7.11 Å². The fourth-order valence-electron chi connectivity index (χ4n) is 0.914. The molecule has 0 radical (unpaired) electrons. The number of esters is 1. The van der Waals surface area contributed by atoms with E-state index < -0.39 is 8.32 Å². The highest BCUT2D eigenvalue weighted by molar-refractivity contribution is 7.12. The van der Waals surface area contributed by atoms with Crippen molar-refractivity contribution in [1.29, 1.82) is 0 Å². The highest BCUT2D eigenvalue weighted by Crippen LogP contribution is 2.29. The first-order valence-corrected chi connectivity index (χ1v) is 8.57. The lowest BCUT2D eigenvalue weighted by molar-refractivity contribution is 0.0599. The Morgan fingerprint density at radius 2 is 2.07 bits per heavy atom. The third-order valence-electron chi connectivity index (χ3n) is 1.43. The quantitative estimate of drug-likeness (QED) is 0.591. The van der Waals surface area contributed by atoms with Crippen molar-refractivity contribution in [3.05, 3.63) is 17.0 Å². The number of methoxy groups -OCH3 is 1. The van der Waals surface area contributed by atoms with E-state index in [9.17, 15) is 4.79 Å². The zero-order chi connectivity index (χ0) is 10.8. The fourth-order valence-corrected chi connectivity index (χ4v) is 3.13. The monoisotopic (exact) mass is 230 g/mol. The van der Waals surface area contributed by atoms with Gasteiger partial charge in [0.1, 0.15) is 5.56 Å². The Morgan fingerprint density at radius 3 is 2.57 bits per heavy atom. The number of hydrogen-bond donors (Lipinski definition) is 0. The van der Waals surface area contributed by atoms with Crippen LogP contribution in [0.25, 0.3) is 0 Å². The van der Waals surface area contributed by atoms with Crippen molar-refractivity contribution >= 4 is 25.6 Å². The van der Waals surface area contributed by atoms with Crippen LogP contribution in [-0.2, 0) is 4.74 Å². The van der Waals surface area contributed by atoms with Crippen LogP contribution in [0.1, 0.15) is 10.4 Å². The molecule has 0 aromatic carbocycles. The molecule has 0 aliphatic heterocycles. The third-order valence-corrected chi connectivity index (χ3v) is 3.19. The van der Waals surface area contributed by atoms with Crippen molar-refractivity contribution < 1.29 is 14.0 Å². The van der Waals surface area contributed by atoms with Gasteiger partial charge in [-0.3, -0.25) is 0 Å². The van der Waals surface area contributed by atoms with Gasteiger partial charge < -0.3 is 9.16 Å². The van der Waals surface area contributed by atoms with Crippen LogP contribution in [0.3, 0.4) is 0 Å². The largest absolute Gasteiger partial charge is 0.537 e. The van der Waals surface area contributed by atoms with E-state index in [4.69, 9.17) is 4.43 Å². The molecule has 0 atom stereocenters. The molecule has 1 rings (SSSR count). The minimum Gasteiger partial charge on any atom is -0.537 e. The van der Waals surface area contributed by atoms with Crippen LogP contribution >= 0.6 is 11.3 Å². The molecule has 0 N–H and O–H groups in total. The molecule has 0 amide bonds. The van der Waals surface area contributed by atoms with Gasteiger partial charge in [-0.1, -0.05) is 0 Å². The van der Waals surface area contributed by atoms with E-state index in [1.807, 2.05) is 5.38 Å². The number of hydrogen-bond acceptors (Lipinski definition) is 4. The van der Waals surface area contributed by atoms with Gasteiger partial charge in [0.2, 0.25) is 8.32 Å². The van der Waals surface area contributed by atoms with E-state index in [-0.39, 0.29) is 5.97 Å². The van der Waals surface area contributed by atoms with Gasteiger partial charge in [-0.15, -0.1) is 11.3 Å². The lowest BCUT2D eigenvalue weighted by atomic mass is 10.3. The predicted octanol–water partition coefficient (Wildman–Crippen LogP) is 2.75. The molecule has 0 spiro atoms. The SMILES string of the molecule is COC(=O)c1ccsc1O[Si](C)(C)C. The van der Waals surface area contributed by atoms with E-state index in [1.54, 1.807) is 6.07 Å². The lowest BCUT2D eigenvalue weighted by Crippen LogP contribution is -2.29. The van der Waals surface area contributed by atoms with Gasteiger partial charge >= 0.3 is 5.97 Å². The Kier molecular flexibility index (Phi) is 3.33. The van der Waals surface area contributed by atoms with Gasteiger partial charge in [0, 0.05) is 0 Å². The zero-order valence-electron chi connectivity index (χ0n) is 8.79. The molecule has 5 heteroatoms. The highest BCUT2D eigenvalue weighted by atomic mass is 32.1. The first-order valence-electron chi connectivity index (χ1n) is 4.29. The molecule has 1 aromatic rings. The second-order valence-corrected chi connectivity index (χ2v) is 9.14. The van der Waals surface area contributed by atoms with Crippen molar-refractivity contribution in [2.45, 2.75) is 19.6 Å². The number of thiophene rings is 1. The van der Waals surface area contributed by atoms with Gasteiger partial charge in [0.25, 0.3) is 0 Å². The van der Waals surface area contributed by atoms with Crippen LogP contribution in [0.15, 0.2) is 11.4 Å². The predicted molar refractivity (Wildman–Crippen MR) is 59.6 cm³/mol. The smallest absolute Gasteiger partial charge is 0.342 e. The molecule has 0 aliphatic carbocycles. The van der Waals surface area contributed by atoms with Gasteiger partial charge in [0.05, 0.1) is 7.11 Å². The van der Waals surface area contributed by atoms with Crippen LogP contribution in [0.5, 0.6) is 5.06 Å². The summed E-state index contributed by atoms with van der Waals surface area (Å²) < 4.78 is 10.4. The Balaban J connectivity index is 2.88. The summed E-state index contributed by atoms with van der Waals surface area (Å²) in [5.74, 6) is -0.334. The standard InChI is InChI=1S/C9H14O3SSi/c1-11-8(10)7-5-6-13-9(7)12-14(2,3)4/h5-6H,1-4H3. The molecule has 1 heterocycles. The molecule has 0 unspecified atom stereocenters. The molecule has 78 valence electrons. The summed E-state index contributed by atoms with van der Waals surface area (Å²) >= 11 is 1.43. The molecule has 0 aliphatic rings. The first kappa shape index (κ1) is 11.3. The normalized spacial score (nSPS) is 11.1. The minimum atomic E-state index is -1.65. The van der Waals surface area contributed by atoms with Crippen molar-refractivity contribution in [3.8, 4) is 5.06 Å². The number of carbonyl (C=O) groups is 1. The van der Waals surface area contributed by atoms with E-state index in [0.717, 1.165) is 0 Å². The number of carbonyl (C=O) groups excluding carboxylic acids is 1. The maximum Gasteiger partial charge on any atom is 0.342 e. The summed E-state index contributed by atoms with van der Waals surface area (Å²) in [6.45, 7) is 6.23. The molecule has 0 saturated carbocycles. The lowest BCUT2D eigenvalue weighted by Gasteiger charge is -2.18. The second-order valence-electron chi connectivity index (χ2n) is 3.83. The molecule has 0 bridgehead atoms. The molecule has 1 aromatic heterocycles. The molecule has 14 heavy (non-hydrogen) atoms. The van der Waals surface area contributed by atoms with Crippen LogP contribution in [-0.4, -0.2) is 21.4 Å². The summed E-state index contributed by atoms with van der Waals surface area (Å²) in [5.41, 5.74) is 0.528. The number of ether oxygens (including phenoxy) is 1. The summed E-state index contributed by atoms with van der Waals surface area (Å²) in [5, 5.41) is 2.51. The third kappa shape index (κ3) is 2.85. The van der Waals surface area contributed by atoms with Gasteiger partial charge in [0.15, 0.2) is 5.06 Å². The maximum atomic E-state index is 11.3. The van der Waals surface area contributed by atoms with Gasteiger partial charge in [-0.2, -0.15) is 0 Å². The zero-order valence-corrected chi connectivity index (χ0v) is 10.6. The first-order chi connectivity index (χ1) is 6.44. The molecular formula is C9H14O3SSi. The van der Waals surface area contributed by atoms with E-state index in [2.05, 4.69) is 24.4 Å². The Hall–Kier alpha value is -0.813. The second kappa shape index (κ2) is 4.14. The minimum absolute atomic E-state index is 0.334. The summed E-state index contributed by atoms with van der Waals surface area (Å²) in [7, 11) is -0.276. The summed E-state index contributed by atoms with van der Waals surface area (Å²) in [4.78, 5) is 11.3. The Bertz CT molecular complexity index is 327. The van der Waals surface area contributed by atoms with Crippen LogP contribution in [0, 0.1) is 0 Å². The van der Waals surface area contributed by atoms with Gasteiger partial charge in [-0.25, -0.2) is 4.79 Å². The maximum absolute atomic E-state index is 11.3.